The maximum Gasteiger partial charge on any atom is 0.240 e. The third-order valence-corrected chi connectivity index (χ3v) is 4.26. The Morgan fingerprint density at radius 2 is 2.17 bits per heavy atom. The number of halogens is 1. The Labute approximate surface area is 145 Å². The molecule has 1 saturated heterocycles. The number of ether oxygens (including phenoxy) is 1. The van der Waals surface area contributed by atoms with Crippen molar-refractivity contribution < 1.29 is 9.53 Å². The Balaban J connectivity index is 0.00000192. The van der Waals surface area contributed by atoms with Gasteiger partial charge < -0.3 is 15.4 Å². The molecule has 0 aliphatic carbocycles. The summed E-state index contributed by atoms with van der Waals surface area (Å²) in [5, 5.41) is 8.52. The van der Waals surface area contributed by atoms with E-state index in [1.807, 2.05) is 35.7 Å². The van der Waals surface area contributed by atoms with E-state index in [2.05, 4.69) is 15.6 Å². The fourth-order valence-electron chi connectivity index (χ4n) is 2.39. The van der Waals surface area contributed by atoms with Crippen LogP contribution < -0.4 is 10.6 Å². The van der Waals surface area contributed by atoms with Crippen LogP contribution in [0.5, 0.6) is 0 Å². The number of nitrogens with zero attached hydrogens (tertiary/aromatic N) is 1. The van der Waals surface area contributed by atoms with Crippen molar-refractivity contribution in [2.24, 2.45) is 0 Å². The number of carbonyl (C=O) groups excluding carboxylic acids is 1. The highest BCUT2D eigenvalue weighted by atomic mass is 35.5. The first kappa shape index (κ1) is 17.9. The number of nitrogens with one attached hydrogen (secondary N) is 2. The molecule has 1 fully saturated rings. The van der Waals surface area contributed by atoms with Crippen molar-refractivity contribution in [3.63, 3.8) is 0 Å². The molecule has 1 amide bonds. The molecule has 1 aromatic heterocycles. The molecule has 1 unspecified atom stereocenters. The first-order valence-corrected chi connectivity index (χ1v) is 8.32. The van der Waals surface area contributed by atoms with Crippen LogP contribution in [-0.2, 0) is 9.53 Å². The van der Waals surface area contributed by atoms with Gasteiger partial charge in [0.05, 0.1) is 18.3 Å². The standard InChI is InChI=1S/C16H19N3O2S.ClH/c20-15(10-17-9-13-7-4-8-21-13)19-16-18-14(11-22-16)12-5-2-1-3-6-12;/h1-3,5-6,11,13,17H,4,7-10H2,(H,18,19,20);1H. The summed E-state index contributed by atoms with van der Waals surface area (Å²) in [7, 11) is 0. The van der Waals surface area contributed by atoms with Crippen molar-refractivity contribution in [2.75, 3.05) is 25.0 Å². The first-order chi connectivity index (χ1) is 10.8. The zero-order valence-electron chi connectivity index (χ0n) is 12.7. The molecule has 2 aromatic rings. The smallest absolute Gasteiger partial charge is 0.240 e. The molecular weight excluding hydrogens is 334 g/mol. The van der Waals surface area contributed by atoms with Crippen LogP contribution >= 0.6 is 23.7 Å². The van der Waals surface area contributed by atoms with Gasteiger partial charge in [-0.15, -0.1) is 23.7 Å². The lowest BCUT2D eigenvalue weighted by atomic mass is 10.2. The topological polar surface area (TPSA) is 63.2 Å². The van der Waals surface area contributed by atoms with Crippen molar-refractivity contribution in [1.29, 1.82) is 0 Å². The minimum atomic E-state index is -0.0769. The van der Waals surface area contributed by atoms with Gasteiger partial charge in [0, 0.05) is 24.1 Å². The number of hydrogen-bond acceptors (Lipinski definition) is 5. The first-order valence-electron chi connectivity index (χ1n) is 7.44. The Hall–Kier alpha value is -1.47. The molecule has 0 radical (unpaired) electrons. The van der Waals surface area contributed by atoms with Crippen LogP contribution in [0.2, 0.25) is 0 Å². The van der Waals surface area contributed by atoms with E-state index < -0.39 is 0 Å². The third kappa shape index (κ3) is 5.28. The van der Waals surface area contributed by atoms with E-state index in [0.717, 1.165) is 37.3 Å². The summed E-state index contributed by atoms with van der Waals surface area (Å²) in [5.41, 5.74) is 1.93. The van der Waals surface area contributed by atoms with E-state index in [9.17, 15) is 4.79 Å². The van der Waals surface area contributed by atoms with Crippen LogP contribution in [0.25, 0.3) is 11.3 Å². The summed E-state index contributed by atoms with van der Waals surface area (Å²) in [5.74, 6) is -0.0769. The van der Waals surface area contributed by atoms with Crippen molar-refractivity contribution in [3.8, 4) is 11.3 Å². The van der Waals surface area contributed by atoms with Gasteiger partial charge in [0.1, 0.15) is 0 Å². The summed E-state index contributed by atoms with van der Waals surface area (Å²) in [6, 6.07) is 9.93. The number of hydrogen-bond donors (Lipinski definition) is 2. The molecule has 0 saturated carbocycles. The van der Waals surface area contributed by atoms with E-state index in [1.54, 1.807) is 0 Å². The summed E-state index contributed by atoms with van der Waals surface area (Å²) in [6.45, 7) is 1.83. The predicted molar refractivity (Wildman–Crippen MR) is 95.3 cm³/mol. The predicted octanol–water partition coefficient (Wildman–Crippen LogP) is 2.94. The van der Waals surface area contributed by atoms with Gasteiger partial charge in [-0.2, -0.15) is 0 Å². The summed E-state index contributed by atoms with van der Waals surface area (Å²) in [6.07, 6.45) is 2.43. The molecule has 1 aliphatic rings. The van der Waals surface area contributed by atoms with Crippen molar-refractivity contribution in [3.05, 3.63) is 35.7 Å². The lowest BCUT2D eigenvalue weighted by molar-refractivity contribution is -0.115. The zero-order chi connectivity index (χ0) is 15.2. The maximum absolute atomic E-state index is 11.9. The Bertz CT molecular complexity index is 615. The van der Waals surface area contributed by atoms with E-state index in [-0.39, 0.29) is 31.0 Å². The van der Waals surface area contributed by atoms with Gasteiger partial charge in [-0.1, -0.05) is 30.3 Å². The number of amides is 1. The quantitative estimate of drug-likeness (QED) is 0.838. The van der Waals surface area contributed by atoms with Gasteiger partial charge >= 0.3 is 0 Å². The van der Waals surface area contributed by atoms with Crippen LogP contribution in [0.1, 0.15) is 12.8 Å². The lowest BCUT2D eigenvalue weighted by Crippen LogP contribution is -2.33. The van der Waals surface area contributed by atoms with Gasteiger partial charge in [-0.05, 0) is 12.8 Å². The van der Waals surface area contributed by atoms with Gasteiger partial charge in [0.25, 0.3) is 0 Å². The molecule has 1 aromatic carbocycles. The number of rotatable bonds is 6. The number of benzene rings is 1. The molecule has 0 bridgehead atoms. The Kier molecular flexibility index (Phi) is 6.98. The normalized spacial score (nSPS) is 16.8. The largest absolute Gasteiger partial charge is 0.377 e. The second-order valence-corrected chi connectivity index (χ2v) is 6.08. The molecule has 1 atom stereocenters. The minimum absolute atomic E-state index is 0. The molecule has 23 heavy (non-hydrogen) atoms. The monoisotopic (exact) mass is 353 g/mol. The molecule has 1 aliphatic heterocycles. The number of thiazole rings is 1. The second kappa shape index (κ2) is 8.98. The van der Waals surface area contributed by atoms with Gasteiger partial charge in [0.2, 0.25) is 5.91 Å². The molecular formula is C16H20ClN3O2S. The van der Waals surface area contributed by atoms with Crippen LogP contribution in [0.3, 0.4) is 0 Å². The molecule has 124 valence electrons. The average Bonchev–Trinajstić information content (AvgIpc) is 3.20. The highest BCUT2D eigenvalue weighted by molar-refractivity contribution is 7.14. The van der Waals surface area contributed by atoms with Crippen molar-refractivity contribution in [2.45, 2.75) is 18.9 Å². The van der Waals surface area contributed by atoms with Crippen LogP contribution in [-0.4, -0.2) is 36.7 Å². The maximum atomic E-state index is 11.9. The highest BCUT2D eigenvalue weighted by Crippen LogP contribution is 2.24. The minimum Gasteiger partial charge on any atom is -0.377 e. The van der Waals surface area contributed by atoms with Crippen LogP contribution in [0.15, 0.2) is 35.7 Å². The molecule has 5 nitrogen and oxygen atoms in total. The number of aromatic nitrogens is 1. The highest BCUT2D eigenvalue weighted by Gasteiger charge is 2.15. The van der Waals surface area contributed by atoms with Gasteiger partial charge in [-0.3, -0.25) is 4.79 Å². The molecule has 7 heteroatoms. The molecule has 3 rings (SSSR count). The van der Waals surface area contributed by atoms with Crippen molar-refractivity contribution >= 4 is 34.8 Å². The second-order valence-electron chi connectivity index (χ2n) is 5.22. The van der Waals surface area contributed by atoms with E-state index >= 15 is 0 Å². The lowest BCUT2D eigenvalue weighted by Gasteiger charge is -2.09. The van der Waals surface area contributed by atoms with E-state index in [1.165, 1.54) is 11.3 Å². The van der Waals surface area contributed by atoms with Crippen molar-refractivity contribution in [1.82, 2.24) is 10.3 Å². The zero-order valence-corrected chi connectivity index (χ0v) is 14.3. The third-order valence-electron chi connectivity index (χ3n) is 3.50. The summed E-state index contributed by atoms with van der Waals surface area (Å²) in [4.78, 5) is 16.3. The van der Waals surface area contributed by atoms with Gasteiger partial charge in [-0.25, -0.2) is 4.98 Å². The summed E-state index contributed by atoms with van der Waals surface area (Å²) >= 11 is 1.44. The van der Waals surface area contributed by atoms with Crippen LogP contribution in [0, 0.1) is 0 Å². The SMILES string of the molecule is Cl.O=C(CNCC1CCCO1)Nc1nc(-c2ccccc2)cs1. The summed E-state index contributed by atoms with van der Waals surface area (Å²) < 4.78 is 5.50. The van der Waals surface area contributed by atoms with Crippen LogP contribution in [0.4, 0.5) is 5.13 Å². The number of anilines is 1. The Morgan fingerprint density at radius 3 is 2.91 bits per heavy atom. The fraction of sp³-hybridized carbons (Fsp3) is 0.375. The van der Waals surface area contributed by atoms with E-state index in [4.69, 9.17) is 4.74 Å². The van der Waals surface area contributed by atoms with Gasteiger partial charge in [0.15, 0.2) is 5.13 Å². The Morgan fingerprint density at radius 1 is 1.35 bits per heavy atom. The number of carbonyl (C=O) groups is 1. The fourth-order valence-corrected chi connectivity index (χ4v) is 3.12. The molecule has 2 heterocycles. The average molecular weight is 354 g/mol. The molecule has 0 spiro atoms. The van der Waals surface area contributed by atoms with E-state index in [0.29, 0.717) is 5.13 Å². The molecule has 2 N–H and O–H groups in total.